The van der Waals surface area contributed by atoms with E-state index in [9.17, 15) is 0 Å². The van der Waals surface area contributed by atoms with Crippen LogP contribution in [0, 0.1) is 32.1 Å². The summed E-state index contributed by atoms with van der Waals surface area (Å²) in [5, 5.41) is 13.9. The number of nitrogens with zero attached hydrogens (tertiary/aromatic N) is 7. The van der Waals surface area contributed by atoms with Crippen LogP contribution in [0.4, 0.5) is 5.82 Å². The minimum absolute atomic E-state index is 0.437. The molecule has 3 aromatic heterocycles. The van der Waals surface area contributed by atoms with Crippen molar-refractivity contribution in [2.24, 2.45) is 18.4 Å². The van der Waals surface area contributed by atoms with Gasteiger partial charge in [-0.05, 0) is 77.0 Å². The molecule has 3 aliphatic carbocycles. The van der Waals surface area contributed by atoms with Crippen molar-refractivity contribution in [1.82, 2.24) is 34.8 Å². The van der Waals surface area contributed by atoms with Gasteiger partial charge in [-0.3, -0.25) is 9.36 Å². The first kappa shape index (κ1) is 23.6. The highest BCUT2D eigenvalue weighted by molar-refractivity contribution is 5.88. The molecule has 3 atom stereocenters. The number of fused-ring (bicyclic) bond motifs is 4. The van der Waals surface area contributed by atoms with Crippen LogP contribution in [0.15, 0.2) is 0 Å². The monoisotopic (exact) mass is 502 g/mol. The van der Waals surface area contributed by atoms with Crippen molar-refractivity contribution >= 4 is 16.9 Å². The third-order valence-corrected chi connectivity index (χ3v) is 10.2. The van der Waals surface area contributed by atoms with Gasteiger partial charge in [0.05, 0.1) is 11.4 Å². The average Bonchev–Trinajstić information content (AvgIpc) is 3.31. The molecule has 0 saturated heterocycles. The molecule has 1 N–H and O–H groups in total. The Hall–Kier alpha value is -2.48. The maximum Gasteiger partial charge on any atom is 0.158 e. The topological polar surface area (TPSA) is 76.7 Å². The first-order valence-electron chi connectivity index (χ1n) is 14.6. The second kappa shape index (κ2) is 8.79. The zero-order valence-corrected chi connectivity index (χ0v) is 23.1. The maximum atomic E-state index is 5.17. The van der Waals surface area contributed by atoms with Crippen molar-refractivity contribution < 1.29 is 0 Å². The van der Waals surface area contributed by atoms with Crippen molar-refractivity contribution in [3.63, 3.8) is 0 Å². The predicted octanol–water partition coefficient (Wildman–Crippen LogP) is 4.53. The summed E-state index contributed by atoms with van der Waals surface area (Å²) in [5.74, 6) is 2.68. The van der Waals surface area contributed by atoms with Crippen molar-refractivity contribution in [3.8, 4) is 0 Å². The summed E-state index contributed by atoms with van der Waals surface area (Å²) < 4.78 is 4.37. The molecule has 4 heterocycles. The molecule has 3 aromatic rings. The summed E-state index contributed by atoms with van der Waals surface area (Å²) in [6.07, 6.45) is 13.5. The number of aryl methyl sites for hydroxylation is 4. The van der Waals surface area contributed by atoms with Gasteiger partial charge in [-0.2, -0.15) is 10.2 Å². The largest absolute Gasteiger partial charge is 0.350 e. The molecule has 3 fully saturated rings. The summed E-state index contributed by atoms with van der Waals surface area (Å²) in [6, 6.07) is 1.56. The number of rotatable bonds is 5. The van der Waals surface area contributed by atoms with Gasteiger partial charge in [-0.15, -0.1) is 0 Å². The van der Waals surface area contributed by atoms with Gasteiger partial charge >= 0.3 is 0 Å². The molecule has 198 valence electrons. The van der Waals surface area contributed by atoms with Crippen LogP contribution >= 0.6 is 0 Å². The second-order valence-electron chi connectivity index (χ2n) is 12.6. The Bertz CT molecular complexity index is 1330. The lowest BCUT2D eigenvalue weighted by Crippen LogP contribution is -2.52. The Labute approximate surface area is 220 Å². The summed E-state index contributed by atoms with van der Waals surface area (Å²) >= 11 is 0. The van der Waals surface area contributed by atoms with Crippen molar-refractivity contribution in [3.05, 3.63) is 28.5 Å². The van der Waals surface area contributed by atoms with Crippen molar-refractivity contribution in [2.45, 2.75) is 110 Å². The Morgan fingerprint density at radius 2 is 1.84 bits per heavy atom. The molecule has 0 aromatic carbocycles. The van der Waals surface area contributed by atoms with E-state index in [1.165, 1.54) is 74.7 Å². The lowest BCUT2D eigenvalue weighted by molar-refractivity contribution is 0.0257. The van der Waals surface area contributed by atoms with E-state index in [-0.39, 0.29) is 0 Å². The Kier molecular flexibility index (Phi) is 5.61. The molecule has 3 unspecified atom stereocenters. The molecule has 4 aliphatic rings. The van der Waals surface area contributed by atoms with Gasteiger partial charge in [-0.1, -0.05) is 12.8 Å². The highest BCUT2D eigenvalue weighted by atomic mass is 15.3. The number of hydrogen-bond donors (Lipinski definition) is 1. The van der Waals surface area contributed by atoms with E-state index in [0.717, 1.165) is 72.4 Å². The first-order chi connectivity index (χ1) is 17.9. The Balaban J connectivity index is 1.13. The smallest absolute Gasteiger partial charge is 0.158 e. The van der Waals surface area contributed by atoms with E-state index in [0.29, 0.717) is 5.41 Å². The highest BCUT2D eigenvalue weighted by Crippen LogP contribution is 2.50. The molecule has 8 heteroatoms. The normalized spacial score (nSPS) is 27.9. The summed E-state index contributed by atoms with van der Waals surface area (Å²) in [5.41, 5.74) is 7.46. The molecule has 0 spiro atoms. The lowest BCUT2D eigenvalue weighted by atomic mass is 9.60. The van der Waals surface area contributed by atoms with Crippen molar-refractivity contribution in [1.29, 1.82) is 0 Å². The third-order valence-electron chi connectivity index (χ3n) is 10.2. The predicted molar refractivity (Wildman–Crippen MR) is 146 cm³/mol. The van der Waals surface area contributed by atoms with E-state index < -0.39 is 0 Å². The number of anilines is 1. The van der Waals surface area contributed by atoms with Crippen LogP contribution in [0.2, 0.25) is 0 Å². The molecule has 0 radical (unpaired) electrons. The van der Waals surface area contributed by atoms with Gasteiger partial charge in [0, 0.05) is 56.4 Å². The van der Waals surface area contributed by atoms with Crippen LogP contribution in [-0.2, 0) is 26.6 Å². The van der Waals surface area contributed by atoms with Crippen molar-refractivity contribution in [2.75, 3.05) is 11.4 Å². The SMILES string of the molecule is Cc1nc(N2CCc3c(c(C)nn3CC34CCCC(C3)C(NC3CCC3)CC4)C2)c2c(n1)c(C)nn2C. The minimum Gasteiger partial charge on any atom is -0.350 e. The zero-order valence-electron chi connectivity index (χ0n) is 23.1. The third kappa shape index (κ3) is 3.98. The van der Waals surface area contributed by atoms with E-state index >= 15 is 0 Å². The molecule has 2 bridgehead atoms. The Morgan fingerprint density at radius 1 is 0.973 bits per heavy atom. The maximum absolute atomic E-state index is 5.17. The van der Waals surface area contributed by atoms with Crippen LogP contribution in [0.1, 0.15) is 86.3 Å². The second-order valence-corrected chi connectivity index (χ2v) is 12.6. The highest BCUT2D eigenvalue weighted by Gasteiger charge is 2.45. The lowest BCUT2D eigenvalue weighted by Gasteiger charge is -2.50. The van der Waals surface area contributed by atoms with Gasteiger partial charge in [0.15, 0.2) is 5.82 Å². The van der Waals surface area contributed by atoms with Crippen LogP contribution in [0.3, 0.4) is 0 Å². The quantitative estimate of drug-likeness (QED) is 0.553. The molecule has 1 aliphatic heterocycles. The Morgan fingerprint density at radius 3 is 2.65 bits per heavy atom. The van der Waals surface area contributed by atoms with E-state index in [1.807, 2.05) is 25.6 Å². The molecule has 7 rings (SSSR count). The molecule has 37 heavy (non-hydrogen) atoms. The number of aromatic nitrogens is 6. The van der Waals surface area contributed by atoms with Crippen LogP contribution in [0.5, 0.6) is 0 Å². The van der Waals surface area contributed by atoms with Crippen LogP contribution in [0.25, 0.3) is 11.0 Å². The van der Waals surface area contributed by atoms with Gasteiger partial charge < -0.3 is 10.2 Å². The molecule has 0 amide bonds. The molecule has 3 saturated carbocycles. The zero-order chi connectivity index (χ0) is 25.3. The molecular weight excluding hydrogens is 460 g/mol. The number of nitrogens with one attached hydrogen (secondary N) is 1. The standard InChI is InChI=1S/C29H42N8/c1-18-23-16-36(28-27-26(30-20(3)31-28)19(2)33-35(27)4)14-11-25(23)37(34-18)17-29-12-6-7-21(15-29)24(10-13-29)32-22-8-5-9-22/h21-22,24,32H,5-17H2,1-4H3. The van der Waals surface area contributed by atoms with Crippen LogP contribution < -0.4 is 10.2 Å². The first-order valence-corrected chi connectivity index (χ1v) is 14.6. The minimum atomic E-state index is 0.437. The summed E-state index contributed by atoms with van der Waals surface area (Å²) in [4.78, 5) is 12.0. The van der Waals surface area contributed by atoms with Gasteiger partial charge in [0.1, 0.15) is 16.9 Å². The van der Waals surface area contributed by atoms with Gasteiger partial charge in [-0.25, -0.2) is 9.97 Å². The van der Waals surface area contributed by atoms with E-state index in [2.05, 4.69) is 26.9 Å². The fraction of sp³-hybridized carbons (Fsp3) is 0.724. The van der Waals surface area contributed by atoms with Crippen LogP contribution in [-0.4, -0.2) is 48.2 Å². The fourth-order valence-electron chi connectivity index (χ4n) is 8.02. The summed E-state index contributed by atoms with van der Waals surface area (Å²) in [6.45, 7) is 9.15. The molecular formula is C29H42N8. The van der Waals surface area contributed by atoms with Gasteiger partial charge in [0.25, 0.3) is 0 Å². The fourth-order valence-corrected chi connectivity index (χ4v) is 8.02. The van der Waals surface area contributed by atoms with Gasteiger partial charge in [0.2, 0.25) is 0 Å². The van der Waals surface area contributed by atoms with E-state index in [1.54, 1.807) is 0 Å². The van der Waals surface area contributed by atoms with E-state index in [4.69, 9.17) is 15.1 Å². The number of hydrogen-bond acceptors (Lipinski definition) is 6. The molecule has 8 nitrogen and oxygen atoms in total. The average molecular weight is 503 g/mol. The summed E-state index contributed by atoms with van der Waals surface area (Å²) in [7, 11) is 2.00.